The molecule has 0 heterocycles. The lowest BCUT2D eigenvalue weighted by Gasteiger charge is -2.06. The van der Waals surface area contributed by atoms with E-state index >= 15 is 0 Å². The monoisotopic (exact) mass is 255 g/mol. The highest BCUT2D eigenvalue weighted by Gasteiger charge is 2.24. The molecule has 0 saturated heterocycles. The van der Waals surface area contributed by atoms with Crippen LogP contribution in [0.2, 0.25) is 0 Å². The fourth-order valence-corrected chi connectivity index (χ4v) is 2.71. The first-order valence-electron chi connectivity index (χ1n) is 5.81. The van der Waals surface area contributed by atoms with Crippen molar-refractivity contribution in [2.24, 2.45) is 5.92 Å². The summed E-state index contributed by atoms with van der Waals surface area (Å²) in [6.07, 6.45) is 2.80. The van der Waals surface area contributed by atoms with Gasteiger partial charge in [-0.15, -0.1) is 0 Å². The van der Waals surface area contributed by atoms with E-state index in [9.17, 15) is 8.42 Å². The lowest BCUT2D eigenvalue weighted by Crippen LogP contribution is -2.25. The molecule has 1 aromatic rings. The SMILES string of the molecule is O=S(=O)(NCC1CC1)c1ccc(CCO)cc1. The summed E-state index contributed by atoms with van der Waals surface area (Å²) in [6, 6.07) is 6.64. The van der Waals surface area contributed by atoms with Crippen molar-refractivity contribution in [2.45, 2.75) is 24.2 Å². The molecule has 1 fully saturated rings. The van der Waals surface area contributed by atoms with Crippen LogP contribution in [0, 0.1) is 5.92 Å². The molecule has 1 saturated carbocycles. The van der Waals surface area contributed by atoms with Gasteiger partial charge in [-0.2, -0.15) is 0 Å². The van der Waals surface area contributed by atoms with Crippen molar-refractivity contribution < 1.29 is 13.5 Å². The second kappa shape index (κ2) is 5.16. The lowest BCUT2D eigenvalue weighted by molar-refractivity contribution is 0.299. The van der Waals surface area contributed by atoms with Gasteiger partial charge in [-0.1, -0.05) is 12.1 Å². The van der Waals surface area contributed by atoms with Gasteiger partial charge in [-0.05, 0) is 42.9 Å². The fourth-order valence-electron chi connectivity index (χ4n) is 1.60. The molecule has 0 atom stereocenters. The Kier molecular flexibility index (Phi) is 3.81. The predicted octanol–water partition coefficient (Wildman–Crippen LogP) is 0.910. The number of aliphatic hydroxyl groups is 1. The number of benzene rings is 1. The summed E-state index contributed by atoms with van der Waals surface area (Å²) in [4.78, 5) is 0.292. The van der Waals surface area contributed by atoms with Gasteiger partial charge in [0.2, 0.25) is 10.0 Å². The van der Waals surface area contributed by atoms with Crippen LogP contribution in [-0.2, 0) is 16.4 Å². The van der Waals surface area contributed by atoms with Crippen LogP contribution < -0.4 is 4.72 Å². The molecule has 1 aliphatic rings. The molecule has 0 amide bonds. The van der Waals surface area contributed by atoms with Gasteiger partial charge >= 0.3 is 0 Å². The van der Waals surface area contributed by atoms with Gasteiger partial charge in [0.25, 0.3) is 0 Å². The van der Waals surface area contributed by atoms with Crippen molar-refractivity contribution in [1.82, 2.24) is 4.72 Å². The molecule has 0 aromatic heterocycles. The Morgan fingerprint density at radius 1 is 1.24 bits per heavy atom. The molecule has 0 unspecified atom stereocenters. The second-order valence-electron chi connectivity index (χ2n) is 4.41. The van der Waals surface area contributed by atoms with Gasteiger partial charge in [0.15, 0.2) is 0 Å². The minimum absolute atomic E-state index is 0.0754. The van der Waals surface area contributed by atoms with Crippen LogP contribution in [0.25, 0.3) is 0 Å². The number of rotatable bonds is 6. The zero-order valence-corrected chi connectivity index (χ0v) is 10.4. The van der Waals surface area contributed by atoms with Gasteiger partial charge < -0.3 is 5.11 Å². The molecule has 0 bridgehead atoms. The molecule has 0 radical (unpaired) electrons. The van der Waals surface area contributed by atoms with Crippen LogP contribution in [0.3, 0.4) is 0 Å². The van der Waals surface area contributed by atoms with Crippen molar-refractivity contribution in [1.29, 1.82) is 0 Å². The van der Waals surface area contributed by atoms with E-state index in [0.29, 0.717) is 23.8 Å². The Bertz CT molecular complexity index is 463. The maximum Gasteiger partial charge on any atom is 0.240 e. The number of hydrogen-bond acceptors (Lipinski definition) is 3. The highest BCUT2D eigenvalue weighted by atomic mass is 32.2. The standard InChI is InChI=1S/C12H17NO3S/c14-8-7-10-3-5-12(6-4-10)17(15,16)13-9-11-1-2-11/h3-6,11,13-14H,1-2,7-9H2. The van der Waals surface area contributed by atoms with Crippen LogP contribution >= 0.6 is 0 Å². The zero-order valence-electron chi connectivity index (χ0n) is 9.59. The molecule has 4 nitrogen and oxygen atoms in total. The maximum absolute atomic E-state index is 11.9. The Morgan fingerprint density at radius 2 is 1.88 bits per heavy atom. The van der Waals surface area contributed by atoms with E-state index in [1.807, 2.05) is 0 Å². The largest absolute Gasteiger partial charge is 0.396 e. The summed E-state index contributed by atoms with van der Waals surface area (Å²) in [7, 11) is -3.36. The summed E-state index contributed by atoms with van der Waals surface area (Å²) in [5.41, 5.74) is 0.939. The van der Waals surface area contributed by atoms with Crippen molar-refractivity contribution >= 4 is 10.0 Å². The van der Waals surface area contributed by atoms with Crippen LogP contribution in [0.1, 0.15) is 18.4 Å². The summed E-state index contributed by atoms with van der Waals surface area (Å²) in [5.74, 6) is 0.526. The van der Waals surface area contributed by atoms with Crippen molar-refractivity contribution in [3.05, 3.63) is 29.8 Å². The summed E-state index contributed by atoms with van der Waals surface area (Å²) in [6.45, 7) is 0.618. The summed E-state index contributed by atoms with van der Waals surface area (Å²) < 4.78 is 26.4. The second-order valence-corrected chi connectivity index (χ2v) is 6.18. The third-order valence-corrected chi connectivity index (χ3v) is 4.33. The van der Waals surface area contributed by atoms with Gasteiger partial charge in [0, 0.05) is 13.2 Å². The first-order chi connectivity index (χ1) is 8.12. The minimum Gasteiger partial charge on any atom is -0.396 e. The van der Waals surface area contributed by atoms with Crippen LogP contribution in [-0.4, -0.2) is 26.7 Å². The lowest BCUT2D eigenvalue weighted by atomic mass is 10.2. The van der Waals surface area contributed by atoms with Crippen molar-refractivity contribution in [3.8, 4) is 0 Å². The molecule has 2 rings (SSSR count). The molecule has 2 N–H and O–H groups in total. The van der Waals surface area contributed by atoms with E-state index in [4.69, 9.17) is 5.11 Å². The zero-order chi connectivity index (χ0) is 12.3. The van der Waals surface area contributed by atoms with Gasteiger partial charge in [0.05, 0.1) is 4.90 Å². The first kappa shape index (κ1) is 12.5. The Balaban J connectivity index is 2.03. The Morgan fingerprint density at radius 3 is 2.41 bits per heavy atom. The normalized spacial score (nSPS) is 16.1. The van der Waals surface area contributed by atoms with Crippen molar-refractivity contribution in [3.63, 3.8) is 0 Å². The van der Waals surface area contributed by atoms with E-state index in [-0.39, 0.29) is 6.61 Å². The summed E-state index contributed by atoms with van der Waals surface area (Å²) >= 11 is 0. The quantitative estimate of drug-likeness (QED) is 0.794. The smallest absolute Gasteiger partial charge is 0.240 e. The van der Waals surface area contributed by atoms with E-state index in [2.05, 4.69) is 4.72 Å². The molecule has 1 aliphatic carbocycles. The molecule has 0 aliphatic heterocycles. The third-order valence-electron chi connectivity index (χ3n) is 2.89. The average molecular weight is 255 g/mol. The Hall–Kier alpha value is -0.910. The molecule has 1 aromatic carbocycles. The first-order valence-corrected chi connectivity index (χ1v) is 7.29. The van der Waals surface area contributed by atoms with Gasteiger partial charge in [0.1, 0.15) is 0 Å². The maximum atomic E-state index is 11.9. The third kappa shape index (κ3) is 3.52. The molecule has 17 heavy (non-hydrogen) atoms. The topological polar surface area (TPSA) is 66.4 Å². The van der Waals surface area contributed by atoms with Crippen LogP contribution in [0.5, 0.6) is 0 Å². The number of hydrogen-bond donors (Lipinski definition) is 2. The van der Waals surface area contributed by atoms with Crippen LogP contribution in [0.15, 0.2) is 29.2 Å². The minimum atomic E-state index is -3.36. The fraction of sp³-hybridized carbons (Fsp3) is 0.500. The molecule has 0 spiro atoms. The van der Waals surface area contributed by atoms with E-state index in [1.165, 1.54) is 0 Å². The molecule has 5 heteroatoms. The molecule has 94 valence electrons. The number of aliphatic hydroxyl groups excluding tert-OH is 1. The summed E-state index contributed by atoms with van der Waals surface area (Å²) in [5, 5.41) is 8.77. The van der Waals surface area contributed by atoms with E-state index in [1.54, 1.807) is 24.3 Å². The van der Waals surface area contributed by atoms with Gasteiger partial charge in [-0.3, -0.25) is 0 Å². The number of nitrogens with one attached hydrogen (secondary N) is 1. The highest BCUT2D eigenvalue weighted by molar-refractivity contribution is 7.89. The van der Waals surface area contributed by atoms with Crippen molar-refractivity contribution in [2.75, 3.05) is 13.2 Å². The molecular formula is C12H17NO3S. The Labute approximate surface area is 102 Å². The van der Waals surface area contributed by atoms with E-state index < -0.39 is 10.0 Å². The average Bonchev–Trinajstić information content (AvgIpc) is 3.12. The highest BCUT2D eigenvalue weighted by Crippen LogP contribution is 2.28. The van der Waals surface area contributed by atoms with Gasteiger partial charge in [-0.25, -0.2) is 13.1 Å². The van der Waals surface area contributed by atoms with E-state index in [0.717, 1.165) is 18.4 Å². The molecular weight excluding hydrogens is 238 g/mol. The predicted molar refractivity (Wildman–Crippen MR) is 65.1 cm³/mol. The van der Waals surface area contributed by atoms with Crippen LogP contribution in [0.4, 0.5) is 0 Å². The number of sulfonamides is 1.